The fourth-order valence-corrected chi connectivity index (χ4v) is 3.70. The van der Waals surface area contributed by atoms with Crippen LogP contribution in [0.5, 0.6) is 0 Å². The Labute approximate surface area is 111 Å². The van der Waals surface area contributed by atoms with Crippen LogP contribution in [0.4, 0.5) is 0 Å². The summed E-state index contributed by atoms with van der Waals surface area (Å²) in [6, 6.07) is 0.438. The number of ether oxygens (including phenoxy) is 1. The Hall–Kier alpha value is -0.560. The normalized spacial score (nSPS) is 25.8. The van der Waals surface area contributed by atoms with Crippen LogP contribution in [0.2, 0.25) is 0 Å². The first-order chi connectivity index (χ1) is 8.83. The maximum absolute atomic E-state index is 5.58. The van der Waals surface area contributed by atoms with Crippen LogP contribution in [0.15, 0.2) is 0 Å². The van der Waals surface area contributed by atoms with Gasteiger partial charge in [0, 0.05) is 31.1 Å². The Morgan fingerprint density at radius 2 is 2.00 bits per heavy atom. The van der Waals surface area contributed by atoms with E-state index in [0.29, 0.717) is 6.04 Å². The molecule has 0 bridgehead atoms. The molecule has 2 fully saturated rings. The molecule has 0 radical (unpaired) electrons. The van der Waals surface area contributed by atoms with Crippen molar-refractivity contribution in [3.63, 3.8) is 0 Å². The van der Waals surface area contributed by atoms with Crippen LogP contribution in [-0.4, -0.2) is 49.3 Å². The van der Waals surface area contributed by atoms with Crippen molar-refractivity contribution in [1.82, 2.24) is 10.2 Å². The summed E-state index contributed by atoms with van der Waals surface area (Å²) in [6.45, 7) is 7.04. The van der Waals surface area contributed by atoms with E-state index in [0.717, 1.165) is 39.3 Å². The van der Waals surface area contributed by atoms with E-state index in [1.54, 1.807) is 0 Å². The molecule has 2 aliphatic rings. The van der Waals surface area contributed by atoms with E-state index < -0.39 is 0 Å². The minimum absolute atomic E-state index is 0.284. The molecule has 1 N–H and O–H groups in total. The Balaban J connectivity index is 2.15. The average Bonchev–Trinajstić information content (AvgIpc) is 2.90. The van der Waals surface area contributed by atoms with Crippen LogP contribution in [-0.2, 0) is 4.74 Å². The van der Waals surface area contributed by atoms with Crippen molar-refractivity contribution in [2.24, 2.45) is 0 Å². The van der Waals surface area contributed by atoms with Crippen LogP contribution in [0.1, 0.15) is 39.0 Å². The summed E-state index contributed by atoms with van der Waals surface area (Å²) in [6.07, 6.45) is 11.7. The van der Waals surface area contributed by atoms with Gasteiger partial charge in [-0.1, -0.05) is 19.8 Å². The van der Waals surface area contributed by atoms with Crippen LogP contribution >= 0.6 is 0 Å². The molecule has 102 valence electrons. The van der Waals surface area contributed by atoms with Gasteiger partial charge < -0.3 is 10.1 Å². The van der Waals surface area contributed by atoms with Gasteiger partial charge in [0.2, 0.25) is 0 Å². The van der Waals surface area contributed by atoms with Crippen LogP contribution < -0.4 is 5.32 Å². The Kier molecular flexibility index (Phi) is 5.05. The van der Waals surface area contributed by atoms with E-state index in [9.17, 15) is 0 Å². The van der Waals surface area contributed by atoms with Crippen molar-refractivity contribution < 1.29 is 4.74 Å². The average molecular weight is 250 g/mol. The molecule has 1 aliphatic carbocycles. The molecule has 1 unspecified atom stereocenters. The lowest BCUT2D eigenvalue weighted by Crippen LogP contribution is -2.62. The molecule has 18 heavy (non-hydrogen) atoms. The maximum Gasteiger partial charge on any atom is 0.0594 e. The number of hydrogen-bond donors (Lipinski definition) is 1. The number of terminal acetylenes is 1. The highest BCUT2D eigenvalue weighted by atomic mass is 16.5. The molecule has 3 heteroatoms. The quantitative estimate of drug-likeness (QED) is 0.751. The number of hydrogen-bond acceptors (Lipinski definition) is 3. The van der Waals surface area contributed by atoms with Gasteiger partial charge in [-0.2, -0.15) is 0 Å². The lowest BCUT2D eigenvalue weighted by atomic mass is 9.83. The molecule has 1 aliphatic heterocycles. The first-order valence-electron chi connectivity index (χ1n) is 7.33. The highest BCUT2D eigenvalue weighted by Gasteiger charge is 2.45. The second-order valence-corrected chi connectivity index (χ2v) is 5.43. The largest absolute Gasteiger partial charge is 0.379 e. The molecule has 0 aromatic rings. The van der Waals surface area contributed by atoms with Crippen LogP contribution in [0.3, 0.4) is 0 Å². The zero-order valence-corrected chi connectivity index (χ0v) is 11.6. The minimum Gasteiger partial charge on any atom is -0.379 e. The topological polar surface area (TPSA) is 24.5 Å². The zero-order chi connectivity index (χ0) is 12.8. The van der Waals surface area contributed by atoms with E-state index >= 15 is 0 Å². The maximum atomic E-state index is 5.58. The molecule has 1 heterocycles. The van der Waals surface area contributed by atoms with Crippen molar-refractivity contribution in [1.29, 1.82) is 0 Å². The van der Waals surface area contributed by atoms with Gasteiger partial charge in [0.1, 0.15) is 0 Å². The molecule has 3 nitrogen and oxygen atoms in total. The standard InChI is InChI=1S/C15H26N2O/c1-3-7-14(16-4-2)15(8-5-6-9-15)17-10-12-18-13-11-17/h1,14,16H,4-13H2,2H3. The third-order valence-corrected chi connectivity index (χ3v) is 4.53. The zero-order valence-electron chi connectivity index (χ0n) is 11.6. The summed E-state index contributed by atoms with van der Waals surface area (Å²) in [5, 5.41) is 3.64. The summed E-state index contributed by atoms with van der Waals surface area (Å²) in [5.74, 6) is 2.87. The number of likely N-dealkylation sites (N-methyl/N-ethyl adjacent to an activating group) is 1. The van der Waals surface area contributed by atoms with Gasteiger partial charge in [0.25, 0.3) is 0 Å². The van der Waals surface area contributed by atoms with Crippen molar-refractivity contribution in [3.05, 3.63) is 0 Å². The minimum atomic E-state index is 0.284. The number of morpholine rings is 1. The molecule has 0 aromatic carbocycles. The van der Waals surface area contributed by atoms with Gasteiger partial charge in [-0.05, 0) is 19.4 Å². The van der Waals surface area contributed by atoms with Crippen molar-refractivity contribution in [2.75, 3.05) is 32.8 Å². The second kappa shape index (κ2) is 6.56. The predicted molar refractivity (Wildman–Crippen MR) is 74.5 cm³/mol. The van der Waals surface area contributed by atoms with E-state index in [1.165, 1.54) is 25.7 Å². The number of nitrogens with zero attached hydrogens (tertiary/aromatic N) is 1. The molecule has 1 saturated carbocycles. The first-order valence-corrected chi connectivity index (χ1v) is 7.33. The third kappa shape index (κ3) is 2.71. The van der Waals surface area contributed by atoms with Crippen molar-refractivity contribution in [2.45, 2.75) is 50.6 Å². The monoisotopic (exact) mass is 250 g/mol. The first kappa shape index (κ1) is 13.9. The van der Waals surface area contributed by atoms with Gasteiger partial charge in [-0.25, -0.2) is 0 Å². The highest BCUT2D eigenvalue weighted by Crippen LogP contribution is 2.39. The molecule has 0 aromatic heterocycles. The molecule has 0 amide bonds. The summed E-state index contributed by atoms with van der Waals surface area (Å²) in [7, 11) is 0. The summed E-state index contributed by atoms with van der Waals surface area (Å²) < 4.78 is 5.50. The van der Waals surface area contributed by atoms with Crippen LogP contribution in [0, 0.1) is 12.3 Å². The molecule has 1 atom stereocenters. The third-order valence-electron chi connectivity index (χ3n) is 4.53. The number of rotatable bonds is 5. The van der Waals surface area contributed by atoms with Crippen LogP contribution in [0.25, 0.3) is 0 Å². The molecular formula is C15H26N2O. The summed E-state index contributed by atoms with van der Waals surface area (Å²) in [4.78, 5) is 2.65. The fraction of sp³-hybridized carbons (Fsp3) is 0.867. The Morgan fingerprint density at radius 1 is 1.33 bits per heavy atom. The van der Waals surface area contributed by atoms with Crippen molar-refractivity contribution in [3.8, 4) is 12.3 Å². The second-order valence-electron chi connectivity index (χ2n) is 5.43. The summed E-state index contributed by atoms with van der Waals surface area (Å²) in [5.41, 5.74) is 0.284. The lowest BCUT2D eigenvalue weighted by Gasteiger charge is -2.48. The molecular weight excluding hydrogens is 224 g/mol. The molecule has 0 spiro atoms. The number of nitrogens with one attached hydrogen (secondary N) is 1. The molecule has 2 rings (SSSR count). The smallest absolute Gasteiger partial charge is 0.0594 e. The van der Waals surface area contributed by atoms with Gasteiger partial charge in [-0.15, -0.1) is 12.3 Å². The van der Waals surface area contributed by atoms with Gasteiger partial charge in [0.15, 0.2) is 0 Å². The van der Waals surface area contributed by atoms with E-state index in [1.807, 2.05) is 0 Å². The summed E-state index contributed by atoms with van der Waals surface area (Å²) >= 11 is 0. The molecule has 1 saturated heterocycles. The fourth-order valence-electron chi connectivity index (χ4n) is 3.70. The highest BCUT2D eigenvalue weighted by molar-refractivity contribution is 5.08. The predicted octanol–water partition coefficient (Wildman–Crippen LogP) is 1.63. The lowest BCUT2D eigenvalue weighted by molar-refractivity contribution is -0.0348. The van der Waals surface area contributed by atoms with Gasteiger partial charge in [-0.3, -0.25) is 4.90 Å². The Bertz CT molecular complexity index is 285. The van der Waals surface area contributed by atoms with Gasteiger partial charge >= 0.3 is 0 Å². The van der Waals surface area contributed by atoms with Gasteiger partial charge in [0.05, 0.1) is 13.2 Å². The van der Waals surface area contributed by atoms with E-state index in [4.69, 9.17) is 11.2 Å². The van der Waals surface area contributed by atoms with Crippen molar-refractivity contribution >= 4 is 0 Å². The SMILES string of the molecule is C#CCC(NCC)C1(N2CCOCC2)CCCC1. The van der Waals surface area contributed by atoms with E-state index in [-0.39, 0.29) is 5.54 Å². The Morgan fingerprint density at radius 3 is 2.56 bits per heavy atom. The van der Waals surface area contributed by atoms with E-state index in [2.05, 4.69) is 23.1 Å².